The molecule has 3 amide bonds. The minimum Gasteiger partial charge on any atom is -0.494 e. The highest BCUT2D eigenvalue weighted by Crippen LogP contribution is 2.46. The zero-order chi connectivity index (χ0) is 26.8. The molecule has 38 heavy (non-hydrogen) atoms. The maximum Gasteiger partial charge on any atom is 0.267 e. The predicted molar refractivity (Wildman–Crippen MR) is 154 cm³/mol. The molecule has 1 N–H and O–H groups in total. The van der Waals surface area contributed by atoms with Crippen LogP contribution in [0.5, 0.6) is 5.75 Å². The van der Waals surface area contributed by atoms with Crippen molar-refractivity contribution in [3.8, 4) is 5.75 Å². The second-order valence-corrected chi connectivity index (χ2v) is 10.4. The highest BCUT2D eigenvalue weighted by molar-refractivity contribution is 8.26. The van der Waals surface area contributed by atoms with E-state index in [9.17, 15) is 14.4 Å². The second-order valence-electron chi connectivity index (χ2n) is 8.75. The van der Waals surface area contributed by atoms with Crippen molar-refractivity contribution in [1.29, 1.82) is 0 Å². The van der Waals surface area contributed by atoms with Crippen LogP contribution in [0.1, 0.15) is 31.0 Å². The van der Waals surface area contributed by atoms with Gasteiger partial charge in [0.25, 0.3) is 11.8 Å². The fourth-order valence-electron chi connectivity index (χ4n) is 4.55. The number of hydrogen-bond acceptors (Lipinski definition) is 6. The molecule has 0 unspecified atom stereocenters. The normalized spacial score (nSPS) is 17.6. The zero-order valence-corrected chi connectivity index (χ0v) is 22.5. The van der Waals surface area contributed by atoms with Crippen molar-refractivity contribution >= 4 is 63.0 Å². The van der Waals surface area contributed by atoms with Gasteiger partial charge in [-0.3, -0.25) is 24.2 Å². The zero-order valence-electron chi connectivity index (χ0n) is 20.8. The number of carbonyl (C=O) groups excluding carboxylic acids is 3. The maximum atomic E-state index is 13.7. The summed E-state index contributed by atoms with van der Waals surface area (Å²) in [5.41, 5.74) is 3.00. The van der Waals surface area contributed by atoms with Gasteiger partial charge in [0.1, 0.15) is 16.6 Å². The summed E-state index contributed by atoms with van der Waals surface area (Å²) >= 11 is 6.70. The van der Waals surface area contributed by atoms with E-state index in [-0.39, 0.29) is 34.9 Å². The van der Waals surface area contributed by atoms with E-state index in [0.717, 1.165) is 17.3 Å². The number of nitrogens with one attached hydrogen (secondary N) is 1. The van der Waals surface area contributed by atoms with Crippen LogP contribution in [0.3, 0.4) is 0 Å². The van der Waals surface area contributed by atoms with Crippen molar-refractivity contribution in [3.63, 3.8) is 0 Å². The average Bonchev–Trinajstić information content (AvgIpc) is 3.36. The van der Waals surface area contributed by atoms with Gasteiger partial charge in [-0.1, -0.05) is 72.5 Å². The summed E-state index contributed by atoms with van der Waals surface area (Å²) in [5.74, 6) is -0.363. The topological polar surface area (TPSA) is 79.0 Å². The number of amides is 3. The van der Waals surface area contributed by atoms with Crippen molar-refractivity contribution < 1.29 is 19.1 Å². The van der Waals surface area contributed by atoms with E-state index in [2.05, 4.69) is 5.32 Å². The molecule has 1 saturated heterocycles. The molecular weight excluding hydrogens is 518 g/mol. The first kappa shape index (κ1) is 25.7. The van der Waals surface area contributed by atoms with Crippen molar-refractivity contribution in [3.05, 3.63) is 94.9 Å². The fourth-order valence-corrected chi connectivity index (χ4v) is 6.04. The van der Waals surface area contributed by atoms with E-state index in [1.807, 2.05) is 50.2 Å². The Hall–Kier alpha value is -3.95. The summed E-state index contributed by atoms with van der Waals surface area (Å²) in [5, 5.41) is 2.82. The van der Waals surface area contributed by atoms with Crippen LogP contribution in [0.25, 0.3) is 5.57 Å². The maximum absolute atomic E-state index is 13.7. The van der Waals surface area contributed by atoms with Crippen LogP contribution in [0.2, 0.25) is 0 Å². The number of ether oxygens (including phenoxy) is 1. The molecule has 1 fully saturated rings. The Kier molecular flexibility index (Phi) is 7.31. The van der Waals surface area contributed by atoms with Crippen LogP contribution in [-0.4, -0.2) is 40.1 Å². The largest absolute Gasteiger partial charge is 0.494 e. The number of benzene rings is 3. The van der Waals surface area contributed by atoms with Gasteiger partial charge in [-0.25, -0.2) is 0 Å². The van der Waals surface area contributed by atoms with Gasteiger partial charge in [0.2, 0.25) is 5.91 Å². The second kappa shape index (κ2) is 10.8. The van der Waals surface area contributed by atoms with Crippen LogP contribution in [0.4, 0.5) is 11.4 Å². The number of rotatable bonds is 7. The Bertz CT molecular complexity index is 1450. The van der Waals surface area contributed by atoms with Crippen LogP contribution in [-0.2, 0) is 14.4 Å². The molecule has 0 aliphatic carbocycles. The number of fused-ring (bicyclic) bond motifs is 1. The van der Waals surface area contributed by atoms with Gasteiger partial charge in [0, 0.05) is 11.3 Å². The molecule has 7 nitrogen and oxygen atoms in total. The third kappa shape index (κ3) is 4.82. The summed E-state index contributed by atoms with van der Waals surface area (Å²) < 4.78 is 5.83. The first-order valence-corrected chi connectivity index (χ1v) is 13.4. The highest BCUT2D eigenvalue weighted by Gasteiger charge is 2.43. The molecule has 3 aromatic carbocycles. The van der Waals surface area contributed by atoms with Crippen molar-refractivity contribution in [2.45, 2.75) is 19.9 Å². The Morgan fingerprint density at radius 3 is 2.37 bits per heavy atom. The molecule has 0 radical (unpaired) electrons. The van der Waals surface area contributed by atoms with E-state index < -0.39 is 5.91 Å². The number of anilines is 2. The molecule has 192 valence electrons. The summed E-state index contributed by atoms with van der Waals surface area (Å²) in [4.78, 5) is 43.5. The smallest absolute Gasteiger partial charge is 0.267 e. The standard InChI is InChI=1S/C29H25N3O4S2/c1-3-36-21-15-13-20(14-16-21)30-24(33)17-31-23-12-8-7-11-22(23)25(27(31)34)26-28(35)32(29(37)38-26)18(2)19-9-5-4-6-10-19/h4-16,18H,3,17H2,1-2H3,(H,30,33)/b26-25-/t18-/m0/s1. The quantitative estimate of drug-likeness (QED) is 0.318. The number of thioether (sulfide) groups is 1. The average molecular weight is 544 g/mol. The van der Waals surface area contributed by atoms with E-state index in [0.29, 0.717) is 33.6 Å². The number of thiocarbonyl (C=S) groups is 1. The molecule has 5 rings (SSSR count). The summed E-state index contributed by atoms with van der Waals surface area (Å²) in [7, 11) is 0. The lowest BCUT2D eigenvalue weighted by Crippen LogP contribution is -2.35. The molecule has 0 aromatic heterocycles. The van der Waals surface area contributed by atoms with Crippen molar-refractivity contribution in [2.24, 2.45) is 0 Å². The molecule has 0 bridgehead atoms. The fraction of sp³-hybridized carbons (Fsp3) is 0.172. The molecule has 9 heteroatoms. The third-order valence-corrected chi connectivity index (χ3v) is 7.77. The van der Waals surface area contributed by atoms with Crippen LogP contribution < -0.4 is 15.0 Å². The lowest BCUT2D eigenvalue weighted by atomic mass is 10.1. The Balaban J connectivity index is 1.40. The van der Waals surface area contributed by atoms with E-state index >= 15 is 0 Å². The number of nitrogens with zero attached hydrogens (tertiary/aromatic N) is 2. The van der Waals surface area contributed by atoms with Crippen LogP contribution in [0.15, 0.2) is 83.8 Å². The molecule has 3 aromatic rings. The Morgan fingerprint density at radius 2 is 1.66 bits per heavy atom. The lowest BCUT2D eigenvalue weighted by Gasteiger charge is -2.23. The van der Waals surface area contributed by atoms with Gasteiger partial charge in [-0.05, 0) is 49.7 Å². The Labute approximate surface area is 230 Å². The van der Waals surface area contributed by atoms with Crippen LogP contribution >= 0.6 is 24.0 Å². The van der Waals surface area contributed by atoms with Gasteiger partial charge in [-0.15, -0.1) is 0 Å². The minimum absolute atomic E-state index is 0.201. The summed E-state index contributed by atoms with van der Waals surface area (Å²) in [6, 6.07) is 23.5. The molecule has 1 atom stereocenters. The van der Waals surface area contributed by atoms with Gasteiger partial charge >= 0.3 is 0 Å². The van der Waals surface area contributed by atoms with Gasteiger partial charge in [0.05, 0.1) is 28.8 Å². The third-order valence-electron chi connectivity index (χ3n) is 6.37. The van der Waals surface area contributed by atoms with E-state index in [1.165, 1.54) is 4.90 Å². The van der Waals surface area contributed by atoms with Crippen molar-refractivity contribution in [1.82, 2.24) is 4.90 Å². The number of carbonyl (C=O) groups is 3. The molecule has 2 aliphatic heterocycles. The molecular formula is C29H25N3O4S2. The van der Waals surface area contributed by atoms with E-state index in [4.69, 9.17) is 17.0 Å². The van der Waals surface area contributed by atoms with Gasteiger partial charge in [-0.2, -0.15) is 0 Å². The SMILES string of the molecule is CCOc1ccc(NC(=O)CN2C(=O)/C(=C3\SC(=S)N([C@@H](C)c4ccccc4)C3=O)c3ccccc32)cc1. The lowest BCUT2D eigenvalue weighted by molar-refractivity contribution is -0.123. The molecule has 2 heterocycles. The predicted octanol–water partition coefficient (Wildman–Crippen LogP) is 5.40. The molecule has 0 spiro atoms. The first-order valence-electron chi connectivity index (χ1n) is 12.2. The summed E-state index contributed by atoms with van der Waals surface area (Å²) in [6.45, 7) is 4.16. The Morgan fingerprint density at radius 1 is 0.974 bits per heavy atom. The monoisotopic (exact) mass is 543 g/mol. The minimum atomic E-state index is -0.402. The molecule has 2 aliphatic rings. The van der Waals surface area contributed by atoms with Gasteiger partial charge in [0.15, 0.2) is 0 Å². The van der Waals surface area contributed by atoms with Gasteiger partial charge < -0.3 is 10.1 Å². The first-order chi connectivity index (χ1) is 18.4. The molecule has 0 saturated carbocycles. The number of para-hydroxylation sites is 1. The van der Waals surface area contributed by atoms with Crippen LogP contribution in [0, 0.1) is 0 Å². The van der Waals surface area contributed by atoms with E-state index in [1.54, 1.807) is 47.4 Å². The summed E-state index contributed by atoms with van der Waals surface area (Å²) in [6.07, 6.45) is 0. The van der Waals surface area contributed by atoms with Crippen molar-refractivity contribution in [2.75, 3.05) is 23.4 Å². The number of hydrogen-bond donors (Lipinski definition) is 1. The highest BCUT2D eigenvalue weighted by atomic mass is 32.2.